The average molecular weight is 527 g/mol. The van der Waals surface area contributed by atoms with Crippen LogP contribution < -0.4 is 5.32 Å². The van der Waals surface area contributed by atoms with Crippen LogP contribution in [0.25, 0.3) is 0 Å². The summed E-state index contributed by atoms with van der Waals surface area (Å²) in [6.45, 7) is 13.6. The number of hydrogen-bond acceptors (Lipinski definition) is 8. The molecule has 11 heteroatoms. The molecule has 0 radical (unpaired) electrons. The Hall–Kier alpha value is -0.520. The van der Waals surface area contributed by atoms with Gasteiger partial charge in [-0.15, -0.1) is 11.8 Å². The van der Waals surface area contributed by atoms with Gasteiger partial charge in [-0.05, 0) is 6.26 Å². The van der Waals surface area contributed by atoms with Crippen LogP contribution in [0.1, 0.15) is 60.8 Å². The van der Waals surface area contributed by atoms with Gasteiger partial charge in [0.1, 0.15) is 0 Å². The van der Waals surface area contributed by atoms with Gasteiger partial charge in [0.25, 0.3) is 0 Å². The van der Waals surface area contributed by atoms with Gasteiger partial charge in [0.15, 0.2) is 0 Å². The highest BCUT2D eigenvalue weighted by Gasteiger charge is 2.40. The van der Waals surface area contributed by atoms with E-state index in [4.69, 9.17) is 5.11 Å². The van der Waals surface area contributed by atoms with E-state index < -0.39 is 5.97 Å². The first-order chi connectivity index (χ1) is 14.7. The molecule has 0 aromatic rings. The lowest BCUT2D eigenvalue weighted by molar-refractivity contribution is -0.139. The van der Waals surface area contributed by atoms with Crippen molar-refractivity contribution in [2.24, 2.45) is 0 Å². The fourth-order valence-corrected chi connectivity index (χ4v) is 5.36. The third kappa shape index (κ3) is 16.1. The van der Waals surface area contributed by atoms with Crippen molar-refractivity contribution in [1.82, 2.24) is 10.2 Å². The maximum absolute atomic E-state index is 12.3. The summed E-state index contributed by atoms with van der Waals surface area (Å²) in [5.74, 6) is -0.136. The predicted molar refractivity (Wildman–Crippen MR) is 141 cm³/mol. The third-order valence-corrected chi connectivity index (χ3v) is 8.84. The largest absolute Gasteiger partial charge is 0.481 e. The van der Waals surface area contributed by atoms with E-state index in [9.17, 15) is 19.2 Å². The van der Waals surface area contributed by atoms with Crippen molar-refractivity contribution in [3.05, 3.63) is 0 Å². The molecule has 0 aliphatic carbocycles. The molecule has 1 atom stereocenters. The van der Waals surface area contributed by atoms with Crippen LogP contribution >= 0.6 is 45.1 Å². The van der Waals surface area contributed by atoms with Gasteiger partial charge < -0.3 is 10.4 Å². The fourth-order valence-electron chi connectivity index (χ4n) is 2.19. The highest BCUT2D eigenvalue weighted by molar-refractivity contribution is 8.76. The molecule has 1 aliphatic rings. The maximum atomic E-state index is 12.3. The van der Waals surface area contributed by atoms with Crippen LogP contribution in [0.5, 0.6) is 0 Å². The maximum Gasteiger partial charge on any atom is 0.303 e. The zero-order valence-electron chi connectivity index (χ0n) is 20.2. The number of carboxylic acid groups (broad SMARTS) is 1. The average Bonchev–Trinajstić information content (AvgIpc) is 2.91. The monoisotopic (exact) mass is 526 g/mol. The van der Waals surface area contributed by atoms with Crippen molar-refractivity contribution in [1.29, 1.82) is 0 Å². The quantitative estimate of drug-likeness (QED) is 0.233. The van der Waals surface area contributed by atoms with E-state index in [1.807, 2.05) is 32.5 Å². The number of hydrogen-bond donors (Lipinski definition) is 2. The van der Waals surface area contributed by atoms with Crippen LogP contribution in [0.3, 0.4) is 0 Å². The standard InChI is InChI=1S/C16H26N2O5S3.C5H12S/c1-16(2,3)26-11-10-13(20)18(15(11)23)7-9-25-24-8-6-17-12(19)4-5-14(21)22;1-5(2,3)6-4/h11H,4-10H2,1-3H3,(H,17,19)(H,21,22);1-4H3. The Balaban J connectivity index is 0.00000140. The zero-order chi connectivity index (χ0) is 24.9. The van der Waals surface area contributed by atoms with E-state index in [2.05, 4.69) is 32.3 Å². The van der Waals surface area contributed by atoms with Crippen LogP contribution in [0.15, 0.2) is 0 Å². The number of thioether (sulfide) groups is 2. The smallest absolute Gasteiger partial charge is 0.303 e. The van der Waals surface area contributed by atoms with Gasteiger partial charge >= 0.3 is 5.97 Å². The summed E-state index contributed by atoms with van der Waals surface area (Å²) in [6, 6.07) is 0. The molecule has 7 nitrogen and oxygen atoms in total. The fraction of sp³-hybridized carbons (Fsp3) is 0.810. The SMILES string of the molecule is CC(C)(C)SC1CC(=O)N(CCSSCCNC(=O)CCC(=O)O)C1=O.CSC(C)(C)C. The molecular weight excluding hydrogens is 489 g/mol. The van der Waals surface area contributed by atoms with Gasteiger partial charge in [-0.25, -0.2) is 0 Å². The lowest BCUT2D eigenvalue weighted by Crippen LogP contribution is -2.34. The van der Waals surface area contributed by atoms with Crippen LogP contribution in [0, 0.1) is 0 Å². The first-order valence-electron chi connectivity index (χ1n) is 10.5. The Labute approximate surface area is 209 Å². The third-order valence-electron chi connectivity index (χ3n) is 3.87. The number of carbonyl (C=O) groups is 4. The summed E-state index contributed by atoms with van der Waals surface area (Å²) in [4.78, 5) is 47.4. The highest BCUT2D eigenvalue weighted by atomic mass is 33.1. The number of aliphatic carboxylic acids is 1. The van der Waals surface area contributed by atoms with Gasteiger partial charge in [0, 0.05) is 46.9 Å². The summed E-state index contributed by atoms with van der Waals surface area (Å²) in [6.07, 6.45) is 2.22. The zero-order valence-corrected chi connectivity index (χ0v) is 23.5. The molecule has 32 heavy (non-hydrogen) atoms. The summed E-state index contributed by atoms with van der Waals surface area (Å²) in [7, 11) is 3.09. The molecule has 3 amide bonds. The summed E-state index contributed by atoms with van der Waals surface area (Å²) >= 11 is 3.42. The predicted octanol–water partition coefficient (Wildman–Crippen LogP) is 4.16. The Morgan fingerprint density at radius 1 is 1.03 bits per heavy atom. The minimum Gasteiger partial charge on any atom is -0.481 e. The Kier molecular flexibility index (Phi) is 15.1. The van der Waals surface area contributed by atoms with Crippen molar-refractivity contribution in [2.45, 2.75) is 75.5 Å². The number of amides is 3. The topological polar surface area (TPSA) is 104 Å². The van der Waals surface area contributed by atoms with Gasteiger partial charge in [-0.1, -0.05) is 63.1 Å². The molecule has 0 saturated carbocycles. The Bertz CT molecular complexity index is 633. The first-order valence-corrected chi connectivity index (χ1v) is 15.1. The van der Waals surface area contributed by atoms with Gasteiger partial charge in [-0.3, -0.25) is 24.1 Å². The molecule has 0 aromatic heterocycles. The van der Waals surface area contributed by atoms with Crippen molar-refractivity contribution >= 4 is 68.8 Å². The van der Waals surface area contributed by atoms with Crippen molar-refractivity contribution < 1.29 is 24.3 Å². The lowest BCUT2D eigenvalue weighted by Gasteiger charge is -2.21. The first kappa shape index (κ1) is 31.5. The molecule has 1 rings (SSSR count). The second-order valence-electron chi connectivity index (χ2n) is 9.01. The molecule has 0 spiro atoms. The number of likely N-dealkylation sites (tertiary alicyclic amines) is 1. The summed E-state index contributed by atoms with van der Waals surface area (Å²) < 4.78 is 0.399. The molecule has 1 fully saturated rings. The van der Waals surface area contributed by atoms with Crippen LogP contribution in [-0.4, -0.2) is 79.3 Å². The number of imide groups is 1. The van der Waals surface area contributed by atoms with Gasteiger partial charge in [-0.2, -0.15) is 11.8 Å². The van der Waals surface area contributed by atoms with Gasteiger partial charge in [0.05, 0.1) is 11.7 Å². The molecule has 1 saturated heterocycles. The second-order valence-corrected chi connectivity index (χ2v) is 15.4. The second kappa shape index (κ2) is 15.4. The van der Waals surface area contributed by atoms with Crippen LogP contribution in [-0.2, 0) is 19.2 Å². The highest BCUT2D eigenvalue weighted by Crippen LogP contribution is 2.34. The van der Waals surface area contributed by atoms with Crippen molar-refractivity contribution in [3.63, 3.8) is 0 Å². The normalized spacial score (nSPS) is 16.6. The summed E-state index contributed by atoms with van der Waals surface area (Å²) in [5.41, 5.74) is 0. The number of rotatable bonds is 11. The Morgan fingerprint density at radius 2 is 1.59 bits per heavy atom. The molecule has 1 aliphatic heterocycles. The number of nitrogens with one attached hydrogen (secondary N) is 1. The van der Waals surface area contributed by atoms with E-state index in [1.54, 1.807) is 21.6 Å². The van der Waals surface area contributed by atoms with Crippen molar-refractivity contribution in [2.75, 3.05) is 30.9 Å². The number of nitrogens with zero attached hydrogens (tertiary/aromatic N) is 1. The number of carboxylic acids is 1. The molecule has 186 valence electrons. The van der Waals surface area contributed by atoms with Gasteiger partial charge in [0.2, 0.25) is 17.7 Å². The molecule has 0 bridgehead atoms. The van der Waals surface area contributed by atoms with E-state index in [0.29, 0.717) is 29.3 Å². The van der Waals surface area contributed by atoms with E-state index >= 15 is 0 Å². The van der Waals surface area contributed by atoms with E-state index in [1.165, 1.54) is 16.7 Å². The lowest BCUT2D eigenvalue weighted by atomic mass is 10.3. The van der Waals surface area contributed by atoms with Crippen LogP contribution in [0.4, 0.5) is 0 Å². The molecule has 2 N–H and O–H groups in total. The minimum atomic E-state index is -0.987. The Morgan fingerprint density at radius 3 is 2.09 bits per heavy atom. The molecule has 0 aromatic carbocycles. The minimum absolute atomic E-state index is 0.0138. The molecule has 1 unspecified atom stereocenters. The number of carbonyl (C=O) groups excluding carboxylic acids is 3. The molecular formula is C21H38N2O5S4. The summed E-state index contributed by atoms with van der Waals surface area (Å²) in [5, 5.41) is 10.9. The van der Waals surface area contributed by atoms with Crippen LogP contribution in [0.2, 0.25) is 0 Å². The van der Waals surface area contributed by atoms with Crippen molar-refractivity contribution in [3.8, 4) is 0 Å². The molecule has 1 heterocycles. The van der Waals surface area contributed by atoms with E-state index in [0.717, 1.165) is 0 Å². The van der Waals surface area contributed by atoms with E-state index in [-0.39, 0.29) is 47.0 Å².